The lowest BCUT2D eigenvalue weighted by Gasteiger charge is -2.13. The van der Waals surface area contributed by atoms with Gasteiger partial charge in [-0.3, -0.25) is 4.79 Å². The summed E-state index contributed by atoms with van der Waals surface area (Å²) in [4.78, 5) is 12.7. The van der Waals surface area contributed by atoms with Crippen LogP contribution < -0.4 is 14.8 Å². The first-order valence-electron chi connectivity index (χ1n) is 9.98. The van der Waals surface area contributed by atoms with E-state index in [0.717, 1.165) is 28.2 Å². The highest BCUT2D eigenvalue weighted by atomic mass is 16.5. The van der Waals surface area contributed by atoms with Gasteiger partial charge in [0.15, 0.2) is 0 Å². The maximum absolute atomic E-state index is 12.7. The lowest BCUT2D eigenvalue weighted by atomic mass is 10.1. The Balaban J connectivity index is 1.66. The first-order chi connectivity index (χ1) is 14.7. The van der Waals surface area contributed by atoms with Crippen LogP contribution in [0, 0.1) is 0 Å². The van der Waals surface area contributed by atoms with E-state index >= 15 is 0 Å². The molecule has 0 saturated heterocycles. The molecule has 0 saturated carbocycles. The third-order valence-corrected chi connectivity index (χ3v) is 4.62. The van der Waals surface area contributed by atoms with Crippen molar-refractivity contribution < 1.29 is 19.0 Å². The molecule has 0 radical (unpaired) electrons. The summed E-state index contributed by atoms with van der Waals surface area (Å²) in [7, 11) is 1.62. The second-order valence-electron chi connectivity index (χ2n) is 6.73. The van der Waals surface area contributed by atoms with Gasteiger partial charge in [-0.2, -0.15) is 0 Å². The monoisotopic (exact) mass is 405 g/mol. The van der Waals surface area contributed by atoms with Crippen molar-refractivity contribution in [3.8, 4) is 11.5 Å². The fourth-order valence-corrected chi connectivity index (χ4v) is 3.11. The summed E-state index contributed by atoms with van der Waals surface area (Å²) in [5, 5.41) is 2.95. The number of hydrogen-bond donors (Lipinski definition) is 1. The Hall–Kier alpha value is -3.31. The minimum absolute atomic E-state index is 0.159. The van der Waals surface area contributed by atoms with Crippen molar-refractivity contribution in [2.45, 2.75) is 26.7 Å². The van der Waals surface area contributed by atoms with Gasteiger partial charge >= 0.3 is 0 Å². The van der Waals surface area contributed by atoms with Gasteiger partial charge in [0.2, 0.25) is 0 Å². The van der Waals surface area contributed by atoms with Crippen LogP contribution in [0.2, 0.25) is 0 Å². The lowest BCUT2D eigenvalue weighted by Crippen LogP contribution is -2.23. The SMILES string of the molecule is CCOc1ccc(C(=O)NCc2ccccc2OC)cc1COCc1ccccc1. The molecule has 0 fully saturated rings. The maximum atomic E-state index is 12.7. The summed E-state index contributed by atoms with van der Waals surface area (Å²) in [6.07, 6.45) is 0. The zero-order chi connectivity index (χ0) is 21.2. The third kappa shape index (κ3) is 5.84. The molecule has 30 heavy (non-hydrogen) atoms. The average molecular weight is 405 g/mol. The van der Waals surface area contributed by atoms with Crippen LogP contribution in [0.3, 0.4) is 0 Å². The molecule has 156 valence electrons. The quantitative estimate of drug-likeness (QED) is 0.529. The number of carbonyl (C=O) groups excluding carboxylic acids is 1. The molecule has 0 heterocycles. The lowest BCUT2D eigenvalue weighted by molar-refractivity contribution is 0.0948. The molecular formula is C25H27NO4. The highest BCUT2D eigenvalue weighted by Crippen LogP contribution is 2.22. The Kier molecular flexibility index (Phi) is 7.86. The summed E-state index contributed by atoms with van der Waals surface area (Å²) in [6, 6.07) is 23.0. The zero-order valence-electron chi connectivity index (χ0n) is 17.4. The van der Waals surface area contributed by atoms with Crippen LogP contribution in [0.1, 0.15) is 34.0 Å². The molecule has 5 heteroatoms. The Labute approximate surface area is 177 Å². The summed E-state index contributed by atoms with van der Waals surface area (Å²) in [6.45, 7) is 3.72. The number of para-hydroxylation sites is 1. The third-order valence-electron chi connectivity index (χ3n) is 4.62. The summed E-state index contributed by atoms with van der Waals surface area (Å²) in [5.41, 5.74) is 3.43. The minimum Gasteiger partial charge on any atom is -0.496 e. The topological polar surface area (TPSA) is 56.8 Å². The van der Waals surface area contributed by atoms with Crippen LogP contribution in [0.5, 0.6) is 11.5 Å². The maximum Gasteiger partial charge on any atom is 0.251 e. The van der Waals surface area contributed by atoms with Crippen molar-refractivity contribution in [2.24, 2.45) is 0 Å². The van der Waals surface area contributed by atoms with Crippen LogP contribution in [0.4, 0.5) is 0 Å². The fourth-order valence-electron chi connectivity index (χ4n) is 3.11. The summed E-state index contributed by atoms with van der Waals surface area (Å²) < 4.78 is 16.9. The average Bonchev–Trinajstić information content (AvgIpc) is 2.79. The van der Waals surface area contributed by atoms with E-state index in [0.29, 0.717) is 31.9 Å². The molecule has 0 atom stereocenters. The number of benzene rings is 3. The molecule has 0 spiro atoms. The van der Waals surface area contributed by atoms with Gasteiger partial charge in [-0.1, -0.05) is 48.5 Å². The fraction of sp³-hybridized carbons (Fsp3) is 0.240. The van der Waals surface area contributed by atoms with E-state index in [1.54, 1.807) is 13.2 Å². The van der Waals surface area contributed by atoms with Crippen LogP contribution in [-0.4, -0.2) is 19.6 Å². The predicted molar refractivity (Wildman–Crippen MR) is 117 cm³/mol. The number of ether oxygens (including phenoxy) is 3. The molecule has 1 amide bonds. The van der Waals surface area contributed by atoms with Gasteiger partial charge in [0.1, 0.15) is 11.5 Å². The normalized spacial score (nSPS) is 10.5. The number of nitrogens with one attached hydrogen (secondary N) is 1. The van der Waals surface area contributed by atoms with Crippen molar-refractivity contribution in [3.05, 3.63) is 95.1 Å². The molecule has 0 aliphatic rings. The van der Waals surface area contributed by atoms with Crippen LogP contribution in [0.15, 0.2) is 72.8 Å². The molecule has 0 bridgehead atoms. The molecular weight excluding hydrogens is 378 g/mol. The minimum atomic E-state index is -0.159. The first kappa shape index (κ1) is 21.4. The highest BCUT2D eigenvalue weighted by molar-refractivity contribution is 5.94. The van der Waals surface area contributed by atoms with Gasteiger partial charge < -0.3 is 19.5 Å². The summed E-state index contributed by atoms with van der Waals surface area (Å²) in [5.74, 6) is 1.32. The molecule has 5 nitrogen and oxygen atoms in total. The highest BCUT2D eigenvalue weighted by Gasteiger charge is 2.12. The van der Waals surface area contributed by atoms with Gasteiger partial charge in [0.05, 0.1) is 26.9 Å². The molecule has 0 aliphatic carbocycles. The smallest absolute Gasteiger partial charge is 0.251 e. The van der Waals surface area contributed by atoms with Gasteiger partial charge in [-0.25, -0.2) is 0 Å². The summed E-state index contributed by atoms with van der Waals surface area (Å²) >= 11 is 0. The second-order valence-corrected chi connectivity index (χ2v) is 6.73. The molecule has 3 aromatic carbocycles. The van der Waals surface area contributed by atoms with Crippen molar-refractivity contribution >= 4 is 5.91 Å². The largest absolute Gasteiger partial charge is 0.496 e. The van der Waals surface area contributed by atoms with E-state index in [1.807, 2.05) is 73.7 Å². The van der Waals surface area contributed by atoms with E-state index in [9.17, 15) is 4.79 Å². The zero-order valence-corrected chi connectivity index (χ0v) is 17.4. The van der Waals surface area contributed by atoms with E-state index in [-0.39, 0.29) is 5.91 Å². The second kappa shape index (κ2) is 11.0. The Morgan fingerprint density at radius 3 is 2.40 bits per heavy atom. The van der Waals surface area contributed by atoms with Crippen LogP contribution >= 0.6 is 0 Å². The first-order valence-corrected chi connectivity index (χ1v) is 9.98. The van der Waals surface area contributed by atoms with Crippen molar-refractivity contribution in [2.75, 3.05) is 13.7 Å². The van der Waals surface area contributed by atoms with Gasteiger partial charge in [-0.05, 0) is 36.8 Å². The Bertz CT molecular complexity index is 956. The van der Waals surface area contributed by atoms with Gasteiger partial charge in [0, 0.05) is 23.2 Å². The van der Waals surface area contributed by atoms with E-state index in [1.165, 1.54) is 0 Å². The van der Waals surface area contributed by atoms with E-state index in [2.05, 4.69) is 5.32 Å². The van der Waals surface area contributed by atoms with Gasteiger partial charge in [0.25, 0.3) is 5.91 Å². The number of methoxy groups -OCH3 is 1. The van der Waals surface area contributed by atoms with E-state index in [4.69, 9.17) is 14.2 Å². The predicted octanol–water partition coefficient (Wildman–Crippen LogP) is 4.74. The standard InChI is InChI=1S/C25H27NO4/c1-3-30-24-14-13-20(15-22(24)18-29-17-19-9-5-4-6-10-19)25(27)26-16-21-11-7-8-12-23(21)28-2/h4-15H,3,16-18H2,1-2H3,(H,26,27). The van der Waals surface area contributed by atoms with E-state index < -0.39 is 0 Å². The molecule has 1 N–H and O–H groups in total. The van der Waals surface area contributed by atoms with Crippen LogP contribution in [-0.2, 0) is 24.5 Å². The molecule has 0 aliphatic heterocycles. The van der Waals surface area contributed by atoms with Crippen molar-refractivity contribution in [1.82, 2.24) is 5.32 Å². The Morgan fingerprint density at radius 1 is 0.867 bits per heavy atom. The number of rotatable bonds is 10. The van der Waals surface area contributed by atoms with Crippen molar-refractivity contribution in [3.63, 3.8) is 0 Å². The molecule has 3 aromatic rings. The molecule has 0 aromatic heterocycles. The van der Waals surface area contributed by atoms with Crippen molar-refractivity contribution in [1.29, 1.82) is 0 Å². The molecule has 0 unspecified atom stereocenters. The van der Waals surface area contributed by atoms with Gasteiger partial charge in [-0.15, -0.1) is 0 Å². The molecule has 3 rings (SSSR count). The Morgan fingerprint density at radius 2 is 1.63 bits per heavy atom. The number of hydrogen-bond acceptors (Lipinski definition) is 4. The van der Waals surface area contributed by atoms with Crippen LogP contribution in [0.25, 0.3) is 0 Å². The number of amides is 1. The number of carbonyl (C=O) groups is 1.